The van der Waals surface area contributed by atoms with E-state index in [9.17, 15) is 14.7 Å². The van der Waals surface area contributed by atoms with Crippen LogP contribution in [-0.2, 0) is 6.42 Å². The summed E-state index contributed by atoms with van der Waals surface area (Å²) < 4.78 is 0. The van der Waals surface area contributed by atoms with Gasteiger partial charge in [-0.2, -0.15) is 0 Å². The third kappa shape index (κ3) is 3.41. The minimum absolute atomic E-state index is 0.0228. The number of carbonyl (C=O) groups excluding carboxylic acids is 1. The zero-order valence-corrected chi connectivity index (χ0v) is 14.3. The van der Waals surface area contributed by atoms with E-state index in [4.69, 9.17) is 0 Å². The number of hydrogen-bond donors (Lipinski definition) is 3. The average molecular weight is 363 g/mol. The van der Waals surface area contributed by atoms with Crippen LogP contribution >= 0.6 is 0 Å². The van der Waals surface area contributed by atoms with Gasteiger partial charge in [0.1, 0.15) is 5.75 Å². The predicted octanol–water partition coefficient (Wildman–Crippen LogP) is 1.74. The van der Waals surface area contributed by atoms with Gasteiger partial charge < -0.3 is 15.4 Å². The predicted molar refractivity (Wildman–Crippen MR) is 97.1 cm³/mol. The summed E-state index contributed by atoms with van der Waals surface area (Å²) in [5.74, 6) is -0.208. The van der Waals surface area contributed by atoms with E-state index in [-0.39, 0.29) is 17.4 Å². The number of nitrogens with one attached hydrogen (secondary N) is 2. The Morgan fingerprint density at radius 3 is 3.00 bits per heavy atom. The van der Waals surface area contributed by atoms with Gasteiger partial charge in [-0.1, -0.05) is 0 Å². The van der Waals surface area contributed by atoms with Crippen LogP contribution in [0.2, 0.25) is 0 Å². The minimum atomic E-state index is -0.469. The number of nitrogens with zero attached hydrogens (tertiary/aromatic N) is 3. The van der Waals surface area contributed by atoms with Crippen molar-refractivity contribution >= 4 is 5.91 Å². The molecule has 1 unspecified atom stereocenters. The maximum absolute atomic E-state index is 12.5. The second-order valence-corrected chi connectivity index (χ2v) is 6.35. The number of H-pyrrole nitrogens is 1. The Labute approximate surface area is 154 Å². The first kappa shape index (κ1) is 16.9. The molecule has 3 aromatic rings. The fraction of sp³-hybridized carbons (Fsp3) is 0.211. The van der Waals surface area contributed by atoms with Crippen molar-refractivity contribution in [3.63, 3.8) is 0 Å². The van der Waals surface area contributed by atoms with Gasteiger partial charge in [-0.05, 0) is 31.4 Å². The molecule has 0 saturated carbocycles. The SMILES string of the molecule is O=C(NC1CCCc2nc(-c3cccnc3)ncc21)c1c[nH]c(=O)cc1O. The fourth-order valence-electron chi connectivity index (χ4n) is 3.21. The molecule has 3 N–H and O–H groups in total. The second kappa shape index (κ2) is 6.99. The van der Waals surface area contributed by atoms with Gasteiger partial charge in [-0.3, -0.25) is 14.6 Å². The lowest BCUT2D eigenvalue weighted by molar-refractivity contribution is 0.0929. The highest BCUT2D eigenvalue weighted by atomic mass is 16.3. The molecule has 27 heavy (non-hydrogen) atoms. The molecule has 8 heteroatoms. The van der Waals surface area contributed by atoms with E-state index in [1.165, 1.54) is 6.20 Å². The van der Waals surface area contributed by atoms with E-state index in [1.807, 2.05) is 12.1 Å². The Bertz CT molecular complexity index is 1050. The monoisotopic (exact) mass is 363 g/mol. The van der Waals surface area contributed by atoms with Crippen LogP contribution in [0.25, 0.3) is 11.4 Å². The van der Waals surface area contributed by atoms with Crippen LogP contribution in [0.5, 0.6) is 5.75 Å². The minimum Gasteiger partial charge on any atom is -0.507 e. The van der Waals surface area contributed by atoms with Crippen LogP contribution in [0.3, 0.4) is 0 Å². The average Bonchev–Trinajstić information content (AvgIpc) is 2.68. The van der Waals surface area contributed by atoms with Gasteiger partial charge in [0, 0.05) is 47.7 Å². The molecule has 0 aliphatic heterocycles. The van der Waals surface area contributed by atoms with Crippen LogP contribution < -0.4 is 10.9 Å². The van der Waals surface area contributed by atoms with Gasteiger partial charge in [0.05, 0.1) is 11.6 Å². The fourth-order valence-corrected chi connectivity index (χ4v) is 3.21. The molecule has 0 aromatic carbocycles. The van der Waals surface area contributed by atoms with Crippen LogP contribution in [0.1, 0.15) is 40.5 Å². The molecule has 136 valence electrons. The highest BCUT2D eigenvalue weighted by molar-refractivity contribution is 5.96. The van der Waals surface area contributed by atoms with Crippen LogP contribution in [-0.4, -0.2) is 30.9 Å². The number of pyridine rings is 2. The summed E-state index contributed by atoms with van der Waals surface area (Å²) in [7, 11) is 0. The van der Waals surface area contributed by atoms with Gasteiger partial charge in [0.2, 0.25) is 0 Å². The molecule has 0 radical (unpaired) electrons. The number of amides is 1. The molecular formula is C19H17N5O3. The first-order valence-electron chi connectivity index (χ1n) is 8.60. The molecule has 8 nitrogen and oxygen atoms in total. The first-order valence-corrected chi connectivity index (χ1v) is 8.60. The zero-order valence-electron chi connectivity index (χ0n) is 14.3. The van der Waals surface area contributed by atoms with E-state index in [0.717, 1.165) is 42.1 Å². The Hall–Kier alpha value is -3.55. The Morgan fingerprint density at radius 1 is 1.33 bits per heavy atom. The first-order chi connectivity index (χ1) is 13.1. The molecule has 0 bridgehead atoms. The largest absolute Gasteiger partial charge is 0.507 e. The van der Waals surface area contributed by atoms with E-state index in [1.54, 1.807) is 18.6 Å². The van der Waals surface area contributed by atoms with Gasteiger partial charge >= 0.3 is 0 Å². The summed E-state index contributed by atoms with van der Waals surface area (Å²) in [5, 5.41) is 12.7. The normalized spacial score (nSPS) is 15.8. The van der Waals surface area contributed by atoms with Crippen molar-refractivity contribution in [1.29, 1.82) is 0 Å². The summed E-state index contributed by atoms with van der Waals surface area (Å²) in [4.78, 5) is 39.3. The number of rotatable bonds is 3. The quantitative estimate of drug-likeness (QED) is 0.652. The number of aromatic hydroxyl groups is 1. The number of aromatic nitrogens is 4. The van der Waals surface area contributed by atoms with Crippen molar-refractivity contribution in [3.8, 4) is 17.1 Å². The summed E-state index contributed by atoms with van der Waals surface area (Å²) in [6.07, 6.45) is 8.78. The van der Waals surface area contributed by atoms with Crippen LogP contribution in [0, 0.1) is 0 Å². The van der Waals surface area contributed by atoms with Gasteiger partial charge in [-0.15, -0.1) is 0 Å². The molecule has 1 aliphatic carbocycles. The number of aromatic amines is 1. The molecule has 1 atom stereocenters. The molecule has 0 spiro atoms. The molecular weight excluding hydrogens is 346 g/mol. The van der Waals surface area contributed by atoms with Crippen LogP contribution in [0.4, 0.5) is 0 Å². The van der Waals surface area contributed by atoms with Gasteiger partial charge in [0.15, 0.2) is 5.82 Å². The summed E-state index contributed by atoms with van der Waals surface area (Å²) in [6.45, 7) is 0. The Kier molecular flexibility index (Phi) is 4.37. The lowest BCUT2D eigenvalue weighted by Crippen LogP contribution is -2.32. The molecule has 0 saturated heterocycles. The molecule has 4 rings (SSSR count). The third-order valence-electron chi connectivity index (χ3n) is 4.55. The van der Waals surface area contributed by atoms with Crippen molar-refractivity contribution in [2.24, 2.45) is 0 Å². The smallest absolute Gasteiger partial charge is 0.257 e. The van der Waals surface area contributed by atoms with E-state index in [0.29, 0.717) is 5.82 Å². The Balaban J connectivity index is 1.60. The van der Waals surface area contributed by atoms with Gasteiger partial charge in [-0.25, -0.2) is 9.97 Å². The lowest BCUT2D eigenvalue weighted by atomic mass is 9.92. The molecule has 0 fully saturated rings. The van der Waals surface area contributed by atoms with Crippen molar-refractivity contribution in [2.45, 2.75) is 25.3 Å². The van der Waals surface area contributed by atoms with E-state index in [2.05, 4.69) is 25.3 Å². The molecule has 3 aromatic heterocycles. The summed E-state index contributed by atoms with van der Waals surface area (Å²) in [5.41, 5.74) is 2.15. The molecule has 3 heterocycles. The van der Waals surface area contributed by atoms with Crippen molar-refractivity contribution in [3.05, 3.63) is 70.2 Å². The van der Waals surface area contributed by atoms with Crippen molar-refractivity contribution in [2.75, 3.05) is 0 Å². The molecule has 1 aliphatic rings. The molecule has 1 amide bonds. The highest BCUT2D eigenvalue weighted by Gasteiger charge is 2.25. The zero-order chi connectivity index (χ0) is 18.8. The highest BCUT2D eigenvalue weighted by Crippen LogP contribution is 2.30. The van der Waals surface area contributed by atoms with E-state index < -0.39 is 11.5 Å². The van der Waals surface area contributed by atoms with Crippen molar-refractivity contribution in [1.82, 2.24) is 25.3 Å². The number of aryl methyl sites for hydroxylation is 1. The lowest BCUT2D eigenvalue weighted by Gasteiger charge is -2.25. The third-order valence-corrected chi connectivity index (χ3v) is 4.55. The maximum Gasteiger partial charge on any atom is 0.257 e. The van der Waals surface area contributed by atoms with Crippen molar-refractivity contribution < 1.29 is 9.90 Å². The Morgan fingerprint density at radius 2 is 2.22 bits per heavy atom. The topological polar surface area (TPSA) is 121 Å². The maximum atomic E-state index is 12.5. The number of carbonyl (C=O) groups is 1. The second-order valence-electron chi connectivity index (χ2n) is 6.35. The summed E-state index contributed by atoms with van der Waals surface area (Å²) in [6, 6.07) is 4.45. The number of hydrogen-bond acceptors (Lipinski definition) is 6. The number of fused-ring (bicyclic) bond motifs is 1. The van der Waals surface area contributed by atoms with E-state index >= 15 is 0 Å². The van der Waals surface area contributed by atoms with Gasteiger partial charge in [0.25, 0.3) is 11.5 Å². The summed E-state index contributed by atoms with van der Waals surface area (Å²) >= 11 is 0. The van der Waals surface area contributed by atoms with Crippen LogP contribution in [0.15, 0.2) is 47.8 Å². The standard InChI is InChI=1S/C19H17N5O3/c25-16-7-17(26)21-10-13(16)19(27)24-15-5-1-4-14-12(15)9-22-18(23-14)11-3-2-6-20-8-11/h2-3,6-10,15H,1,4-5H2,(H,24,27)(H2,21,25,26).